The Morgan fingerprint density at radius 2 is 1.69 bits per heavy atom. The van der Waals surface area contributed by atoms with Crippen LogP contribution in [0.4, 0.5) is 5.69 Å². The predicted octanol–water partition coefficient (Wildman–Crippen LogP) is 4.22. The molecule has 2 aliphatic carbocycles. The van der Waals surface area contributed by atoms with Gasteiger partial charge in [-0.15, -0.1) is 0 Å². The fourth-order valence-corrected chi connectivity index (χ4v) is 7.32. The molecule has 4 aliphatic rings. The van der Waals surface area contributed by atoms with Crippen molar-refractivity contribution in [1.29, 1.82) is 0 Å². The van der Waals surface area contributed by atoms with Gasteiger partial charge in [0.25, 0.3) is 0 Å². The Balaban J connectivity index is 1.21. The first-order valence-corrected chi connectivity index (χ1v) is 14.1. The van der Waals surface area contributed by atoms with Crippen LogP contribution < -0.4 is 4.90 Å². The fraction of sp³-hybridized carbons (Fsp3) is 0.724. The van der Waals surface area contributed by atoms with Gasteiger partial charge in [-0.25, -0.2) is 0 Å². The number of amides is 2. The van der Waals surface area contributed by atoms with E-state index in [0.717, 1.165) is 50.3 Å². The van der Waals surface area contributed by atoms with Crippen LogP contribution in [0, 0.1) is 11.3 Å². The van der Waals surface area contributed by atoms with Crippen LogP contribution in [-0.2, 0) is 9.59 Å². The normalized spacial score (nSPS) is 27.6. The Morgan fingerprint density at radius 1 is 0.943 bits per heavy atom. The fourth-order valence-electron chi connectivity index (χ4n) is 7.32. The Kier molecular flexibility index (Phi) is 7.38. The first-order chi connectivity index (χ1) is 17.0. The highest BCUT2D eigenvalue weighted by Crippen LogP contribution is 2.51. The summed E-state index contributed by atoms with van der Waals surface area (Å²) >= 11 is 0. The van der Waals surface area contributed by atoms with E-state index in [1.807, 2.05) is 35.2 Å². The zero-order valence-electron chi connectivity index (χ0n) is 21.3. The van der Waals surface area contributed by atoms with Crippen LogP contribution in [0.1, 0.15) is 77.0 Å². The molecule has 0 radical (unpaired) electrons. The summed E-state index contributed by atoms with van der Waals surface area (Å²) in [6.07, 6.45) is 12.9. The van der Waals surface area contributed by atoms with E-state index in [1.165, 1.54) is 32.1 Å². The summed E-state index contributed by atoms with van der Waals surface area (Å²) in [6.45, 7) is 3.45. The number of nitrogens with zero attached hydrogens (tertiary/aromatic N) is 3. The van der Waals surface area contributed by atoms with Crippen LogP contribution in [0.15, 0.2) is 30.3 Å². The van der Waals surface area contributed by atoms with E-state index in [9.17, 15) is 14.7 Å². The van der Waals surface area contributed by atoms with Crippen LogP contribution in [0.2, 0.25) is 0 Å². The molecule has 2 aliphatic heterocycles. The number of carbonyl (C=O) groups excluding carboxylic acids is 2. The van der Waals surface area contributed by atoms with E-state index in [0.29, 0.717) is 45.6 Å². The van der Waals surface area contributed by atoms with Crippen molar-refractivity contribution < 1.29 is 14.7 Å². The number of anilines is 1. The number of para-hydroxylation sites is 1. The van der Waals surface area contributed by atoms with E-state index in [2.05, 4.69) is 9.80 Å². The van der Waals surface area contributed by atoms with Crippen molar-refractivity contribution in [2.75, 3.05) is 44.2 Å². The molecule has 4 fully saturated rings. The highest BCUT2D eigenvalue weighted by molar-refractivity contribution is 5.83. The van der Waals surface area contributed by atoms with Gasteiger partial charge >= 0.3 is 0 Å². The number of piperazine rings is 1. The maximum absolute atomic E-state index is 13.2. The molecule has 1 N–H and O–H groups in total. The average Bonchev–Trinajstić information content (AvgIpc) is 3.37. The van der Waals surface area contributed by atoms with Crippen LogP contribution in [0.5, 0.6) is 0 Å². The minimum absolute atomic E-state index is 0.0904. The quantitative estimate of drug-likeness (QED) is 0.661. The molecule has 6 heteroatoms. The monoisotopic (exact) mass is 481 g/mol. The maximum Gasteiger partial charge on any atom is 0.242 e. The standard InChI is InChI=1S/C29H43N3O3/c33-26(14-13-24-9-3-1-4-10-24)31-18-17-29(35,28(22-31)15-7-8-16-28)23-32-20-19-30(21-27(32)34)25-11-5-2-6-12-25/h2,5-6,11-12,24,35H,1,3-4,7-10,13-23H2. The van der Waals surface area contributed by atoms with Gasteiger partial charge < -0.3 is 19.8 Å². The number of β-amino-alcohol motifs (C(OH)–C–C–N with tert-alkyl or cyclic N) is 1. The van der Waals surface area contributed by atoms with Crippen molar-refractivity contribution in [2.24, 2.45) is 11.3 Å². The molecule has 192 valence electrons. The second kappa shape index (κ2) is 10.5. The first kappa shape index (κ1) is 24.6. The van der Waals surface area contributed by atoms with Gasteiger partial charge in [0.1, 0.15) is 0 Å². The first-order valence-electron chi connectivity index (χ1n) is 14.1. The molecular weight excluding hydrogens is 438 g/mol. The van der Waals surface area contributed by atoms with Gasteiger partial charge in [0.2, 0.25) is 11.8 Å². The number of aliphatic hydroxyl groups is 1. The molecule has 2 amide bonds. The number of hydrogen-bond acceptors (Lipinski definition) is 4. The smallest absolute Gasteiger partial charge is 0.242 e. The van der Waals surface area contributed by atoms with Crippen molar-refractivity contribution in [3.63, 3.8) is 0 Å². The third-order valence-corrected chi connectivity index (χ3v) is 9.57. The van der Waals surface area contributed by atoms with Gasteiger partial charge in [-0.2, -0.15) is 0 Å². The van der Waals surface area contributed by atoms with Crippen LogP contribution >= 0.6 is 0 Å². The summed E-state index contributed by atoms with van der Waals surface area (Å²) < 4.78 is 0. The molecule has 35 heavy (non-hydrogen) atoms. The molecule has 2 saturated heterocycles. The van der Waals surface area contributed by atoms with Crippen molar-refractivity contribution in [1.82, 2.24) is 9.80 Å². The maximum atomic E-state index is 13.2. The summed E-state index contributed by atoms with van der Waals surface area (Å²) in [5.74, 6) is 1.08. The molecule has 6 nitrogen and oxygen atoms in total. The lowest BCUT2D eigenvalue weighted by Gasteiger charge is -2.54. The predicted molar refractivity (Wildman–Crippen MR) is 138 cm³/mol. The van der Waals surface area contributed by atoms with E-state index >= 15 is 0 Å². The minimum atomic E-state index is -0.909. The number of benzene rings is 1. The van der Waals surface area contributed by atoms with E-state index in [4.69, 9.17) is 0 Å². The second-order valence-electron chi connectivity index (χ2n) is 11.7. The number of carbonyl (C=O) groups is 2. The van der Waals surface area contributed by atoms with Crippen LogP contribution in [-0.4, -0.2) is 71.6 Å². The van der Waals surface area contributed by atoms with Crippen molar-refractivity contribution in [3.8, 4) is 0 Å². The average molecular weight is 482 g/mol. The van der Waals surface area contributed by atoms with Gasteiger partial charge in [0.05, 0.1) is 18.7 Å². The number of hydrogen-bond donors (Lipinski definition) is 1. The highest BCUT2D eigenvalue weighted by Gasteiger charge is 2.56. The Labute approximate surface area is 210 Å². The van der Waals surface area contributed by atoms with E-state index < -0.39 is 5.60 Å². The largest absolute Gasteiger partial charge is 0.387 e. The van der Waals surface area contributed by atoms with Gasteiger partial charge in [-0.05, 0) is 43.7 Å². The van der Waals surface area contributed by atoms with Crippen LogP contribution in [0.25, 0.3) is 0 Å². The molecule has 2 saturated carbocycles. The summed E-state index contributed by atoms with van der Waals surface area (Å²) in [6, 6.07) is 10.1. The lowest BCUT2D eigenvalue weighted by atomic mass is 9.65. The molecule has 1 aromatic rings. The summed E-state index contributed by atoms with van der Waals surface area (Å²) in [7, 11) is 0. The van der Waals surface area contributed by atoms with Crippen molar-refractivity contribution >= 4 is 17.5 Å². The number of rotatable bonds is 6. The number of likely N-dealkylation sites (tertiary alicyclic amines) is 1. The Morgan fingerprint density at radius 3 is 2.40 bits per heavy atom. The highest BCUT2D eigenvalue weighted by atomic mass is 16.3. The van der Waals surface area contributed by atoms with Gasteiger partial charge in [0, 0.05) is 43.7 Å². The third-order valence-electron chi connectivity index (χ3n) is 9.57. The lowest BCUT2D eigenvalue weighted by Crippen LogP contribution is -2.65. The van der Waals surface area contributed by atoms with Gasteiger partial charge in [-0.3, -0.25) is 9.59 Å². The summed E-state index contributed by atoms with van der Waals surface area (Å²) in [5, 5.41) is 12.1. The van der Waals surface area contributed by atoms with Crippen molar-refractivity contribution in [3.05, 3.63) is 30.3 Å². The molecule has 0 bridgehead atoms. The lowest BCUT2D eigenvalue weighted by molar-refractivity contribution is -0.167. The van der Waals surface area contributed by atoms with Gasteiger partial charge in [0.15, 0.2) is 0 Å². The zero-order valence-corrected chi connectivity index (χ0v) is 21.3. The summed E-state index contributed by atoms with van der Waals surface area (Å²) in [4.78, 5) is 32.4. The number of piperidine rings is 1. The molecule has 0 aromatic heterocycles. The summed E-state index contributed by atoms with van der Waals surface area (Å²) in [5.41, 5.74) is -0.108. The molecule has 2 heterocycles. The minimum Gasteiger partial charge on any atom is -0.387 e. The zero-order chi connectivity index (χ0) is 24.3. The SMILES string of the molecule is O=C1CN(c2ccccc2)CCN1CC1(O)CCN(C(=O)CCC2CCCCC2)CC12CCCC2. The molecule has 1 aromatic carbocycles. The van der Waals surface area contributed by atoms with Gasteiger partial charge in [-0.1, -0.05) is 63.1 Å². The second-order valence-corrected chi connectivity index (χ2v) is 11.7. The molecule has 5 rings (SSSR count). The van der Waals surface area contributed by atoms with E-state index in [-0.39, 0.29) is 17.2 Å². The molecule has 1 unspecified atom stereocenters. The topological polar surface area (TPSA) is 64.1 Å². The molecule has 1 spiro atoms. The molecule has 1 atom stereocenters. The van der Waals surface area contributed by atoms with E-state index in [1.54, 1.807) is 0 Å². The van der Waals surface area contributed by atoms with Crippen molar-refractivity contribution in [2.45, 2.75) is 82.7 Å². The Bertz CT molecular complexity index is 878. The van der Waals surface area contributed by atoms with Crippen LogP contribution in [0.3, 0.4) is 0 Å². The third kappa shape index (κ3) is 5.23. The Hall–Kier alpha value is -2.08. The molecular formula is C29H43N3O3.